The van der Waals surface area contributed by atoms with Gasteiger partial charge in [-0.25, -0.2) is 4.79 Å². The first-order chi connectivity index (χ1) is 37.5. The second-order valence-electron chi connectivity index (χ2n) is 26.0. The fourth-order valence-corrected chi connectivity index (χ4v) is 16.9. The second kappa shape index (κ2) is 26.5. The molecule has 8 rings (SSSR count). The highest BCUT2D eigenvalue weighted by Gasteiger charge is 2.66. The highest BCUT2D eigenvalue weighted by molar-refractivity contribution is 5.79. The fourth-order valence-electron chi connectivity index (χ4n) is 16.9. The molecule has 0 aromatic carbocycles. The lowest BCUT2D eigenvalue weighted by atomic mass is 9.43. The van der Waals surface area contributed by atoms with Gasteiger partial charge in [0.25, 0.3) is 0 Å². The summed E-state index contributed by atoms with van der Waals surface area (Å²) in [5, 5.41) is 104. The minimum absolute atomic E-state index is 0.00778. The molecule has 79 heavy (non-hydrogen) atoms. The molecule has 8 fully saturated rings. The average molecular weight is 1130 g/mol. The lowest BCUT2D eigenvalue weighted by Gasteiger charge is -2.63. The van der Waals surface area contributed by atoms with Gasteiger partial charge in [-0.1, -0.05) is 66.2 Å². The van der Waals surface area contributed by atoms with E-state index in [9.17, 15) is 65.1 Å². The summed E-state index contributed by atoms with van der Waals surface area (Å²) < 4.78 is 38.1. The molecular weight excluding hydrogens is 1030 g/mol. The Bertz CT molecular complexity index is 2050. The minimum atomic E-state index is -1.67. The van der Waals surface area contributed by atoms with E-state index in [0.717, 1.165) is 64.2 Å². The third-order valence-electron chi connectivity index (χ3n) is 21.4. The quantitative estimate of drug-likeness (QED) is 0.0736. The van der Waals surface area contributed by atoms with Crippen molar-refractivity contribution in [3.63, 3.8) is 0 Å². The van der Waals surface area contributed by atoms with Crippen LogP contribution in [0.25, 0.3) is 0 Å². The van der Waals surface area contributed by atoms with E-state index in [1.807, 2.05) is 6.92 Å². The Balaban J connectivity index is 0.932. The SMILES string of the molecule is CC[C@@H]1CC(C(=O)NCCO[C@@H]2CC[C@@]3(C)[C@@H](C2)C[C@@H](O)[C@@H]2[C@@H]3C[C@H](O)[C@]3(C)[C@@H]([C@H](C)CCC(=O)O)CC[C@@H]23)C[C@@H](O[C@@H]2O[C@@H](CO)[C@H](O)C(O[C@@H](CC3CCCCC3)C(=O)O)C2NC(C)=O)C1OC1O[C@@H](C)C(O)[C@H](O)[C@@H]1O. The lowest BCUT2D eigenvalue weighted by molar-refractivity contribution is -0.338. The van der Waals surface area contributed by atoms with Crippen LogP contribution in [0.5, 0.6) is 0 Å². The predicted octanol–water partition coefficient (Wildman–Crippen LogP) is 3.01. The van der Waals surface area contributed by atoms with Crippen LogP contribution >= 0.6 is 0 Å². The molecule has 21 heteroatoms. The zero-order valence-electron chi connectivity index (χ0n) is 47.4. The summed E-state index contributed by atoms with van der Waals surface area (Å²) in [6.45, 7) is 11.0. The first-order valence-corrected chi connectivity index (χ1v) is 30.1. The van der Waals surface area contributed by atoms with E-state index in [0.29, 0.717) is 32.1 Å². The number of hydrogen-bond acceptors (Lipinski definition) is 17. The van der Waals surface area contributed by atoms with Gasteiger partial charge in [0.15, 0.2) is 18.7 Å². The number of carboxylic acids is 2. The van der Waals surface area contributed by atoms with Crippen LogP contribution in [0.1, 0.15) is 157 Å². The maximum absolute atomic E-state index is 14.3. The van der Waals surface area contributed by atoms with E-state index in [2.05, 4.69) is 31.4 Å². The summed E-state index contributed by atoms with van der Waals surface area (Å²) in [6.07, 6.45) is -5.78. The monoisotopic (exact) mass is 1120 g/mol. The van der Waals surface area contributed by atoms with Gasteiger partial charge in [-0.2, -0.15) is 0 Å². The number of nitrogens with one attached hydrogen (secondary N) is 2. The van der Waals surface area contributed by atoms with Crippen molar-refractivity contribution in [2.24, 2.45) is 64.1 Å². The molecule has 6 unspecified atom stereocenters. The normalized spacial score (nSPS) is 45.3. The van der Waals surface area contributed by atoms with E-state index in [1.54, 1.807) is 0 Å². The standard InChI is InChI=1S/C58H96N2O19/c1-7-32-22-33(53(71)59-19-20-74-35-17-18-57(5)34(24-35)25-39(63)45-37-15-14-36(28(2)13-16-44(65)66)58(37,6)43(64)26-38(45)57)23-40(51(32)79-56-50(70)49(69)47(67)29(3)75-56)77-55-46(60-30(4)62)52(48(68)42(27-61)78-55)76-41(54(72)73)21-31-11-9-8-10-12-31/h28-29,31-43,45-52,55-56,61,63-64,67-70H,7-27H2,1-6H3,(H,59,71)(H,60,62)(H,65,66)(H,72,73)/t28-,29+,32-,33?,34+,35-,36-,37+,38+,39-,40-,41+,42+,43+,45+,46?,47?,48+,49+,50+,51?,52?,55-,56?,57+,58-/m1/s1. The van der Waals surface area contributed by atoms with E-state index in [4.69, 9.17) is 28.4 Å². The summed E-state index contributed by atoms with van der Waals surface area (Å²) in [5.74, 6) is -3.09. The molecule has 0 aromatic heterocycles. The molecule has 6 aliphatic carbocycles. The molecule has 26 atom stereocenters. The molecule has 11 N–H and O–H groups in total. The van der Waals surface area contributed by atoms with Crippen LogP contribution in [0.3, 0.4) is 0 Å². The topological polar surface area (TPSA) is 330 Å². The molecule has 452 valence electrons. The molecule has 2 saturated heterocycles. The molecule has 6 saturated carbocycles. The van der Waals surface area contributed by atoms with Crippen molar-refractivity contribution in [1.29, 1.82) is 0 Å². The number of carbonyl (C=O) groups excluding carboxylic acids is 2. The van der Waals surface area contributed by atoms with Crippen molar-refractivity contribution in [3.05, 3.63) is 0 Å². The van der Waals surface area contributed by atoms with Gasteiger partial charge in [-0.3, -0.25) is 14.4 Å². The highest BCUT2D eigenvalue weighted by Crippen LogP contribution is 2.68. The van der Waals surface area contributed by atoms with Gasteiger partial charge in [0, 0.05) is 25.8 Å². The molecule has 0 bridgehead atoms. The van der Waals surface area contributed by atoms with Crippen LogP contribution in [-0.4, -0.2) is 187 Å². The summed E-state index contributed by atoms with van der Waals surface area (Å²) in [6, 6.07) is -1.32. The van der Waals surface area contributed by atoms with E-state index < -0.39 is 128 Å². The van der Waals surface area contributed by atoms with Crippen LogP contribution in [0.4, 0.5) is 0 Å². The molecule has 2 aliphatic heterocycles. The summed E-state index contributed by atoms with van der Waals surface area (Å²) in [7, 11) is 0. The Morgan fingerprint density at radius 3 is 2.20 bits per heavy atom. The maximum Gasteiger partial charge on any atom is 0.332 e. The summed E-state index contributed by atoms with van der Waals surface area (Å²) in [4.78, 5) is 51.4. The smallest absolute Gasteiger partial charge is 0.332 e. The molecule has 0 aromatic rings. The van der Waals surface area contributed by atoms with E-state index in [1.165, 1.54) is 13.8 Å². The van der Waals surface area contributed by atoms with Crippen molar-refractivity contribution in [1.82, 2.24) is 10.6 Å². The number of ether oxygens (including phenoxy) is 6. The predicted molar refractivity (Wildman–Crippen MR) is 282 cm³/mol. The van der Waals surface area contributed by atoms with Crippen LogP contribution in [0.2, 0.25) is 0 Å². The highest BCUT2D eigenvalue weighted by atomic mass is 16.7. The molecule has 2 heterocycles. The van der Waals surface area contributed by atoms with Gasteiger partial charge in [0.2, 0.25) is 11.8 Å². The van der Waals surface area contributed by atoms with Gasteiger partial charge in [-0.15, -0.1) is 0 Å². The van der Waals surface area contributed by atoms with Gasteiger partial charge >= 0.3 is 11.9 Å². The van der Waals surface area contributed by atoms with Gasteiger partial charge < -0.3 is 85.0 Å². The second-order valence-corrected chi connectivity index (χ2v) is 26.0. The van der Waals surface area contributed by atoms with E-state index >= 15 is 0 Å². The Morgan fingerprint density at radius 1 is 0.797 bits per heavy atom. The van der Waals surface area contributed by atoms with Crippen molar-refractivity contribution in [2.75, 3.05) is 19.8 Å². The van der Waals surface area contributed by atoms with Crippen LogP contribution in [0, 0.1) is 64.1 Å². The number of carbonyl (C=O) groups is 4. The number of fused-ring (bicyclic) bond motifs is 5. The number of hydrogen-bond donors (Lipinski definition) is 11. The average Bonchev–Trinajstić information content (AvgIpc) is 4.08. The molecule has 8 aliphatic rings. The number of rotatable bonds is 21. The minimum Gasteiger partial charge on any atom is -0.481 e. The maximum atomic E-state index is 14.3. The zero-order chi connectivity index (χ0) is 57.2. The van der Waals surface area contributed by atoms with Crippen LogP contribution in [-0.2, 0) is 47.6 Å². The summed E-state index contributed by atoms with van der Waals surface area (Å²) in [5.41, 5.74) is -0.483. The van der Waals surface area contributed by atoms with Gasteiger partial charge in [0.1, 0.15) is 42.7 Å². The van der Waals surface area contributed by atoms with Crippen LogP contribution in [0.15, 0.2) is 0 Å². The third kappa shape index (κ3) is 13.3. The van der Waals surface area contributed by atoms with Crippen molar-refractivity contribution in [2.45, 2.75) is 255 Å². The Hall–Kier alpha value is -2.64. The Labute approximate surface area is 465 Å². The first kappa shape index (κ1) is 62.4. The number of carboxylic acid groups (broad SMARTS) is 2. The number of aliphatic hydroxyl groups excluding tert-OH is 7. The number of aliphatic carboxylic acids is 2. The first-order valence-electron chi connectivity index (χ1n) is 30.1. The van der Waals surface area contributed by atoms with E-state index in [-0.39, 0.29) is 96.7 Å². The lowest BCUT2D eigenvalue weighted by Crippen LogP contribution is -2.67. The molecule has 2 amide bonds. The summed E-state index contributed by atoms with van der Waals surface area (Å²) >= 11 is 0. The molecular formula is C58H96N2O19. The van der Waals surface area contributed by atoms with Crippen LogP contribution < -0.4 is 10.6 Å². The van der Waals surface area contributed by atoms with Crippen molar-refractivity contribution >= 4 is 23.8 Å². The zero-order valence-corrected chi connectivity index (χ0v) is 47.4. The van der Waals surface area contributed by atoms with Crippen molar-refractivity contribution < 1.29 is 93.6 Å². The molecule has 21 nitrogen and oxygen atoms in total. The molecule has 0 spiro atoms. The largest absolute Gasteiger partial charge is 0.481 e. The Morgan fingerprint density at radius 2 is 1.53 bits per heavy atom. The van der Waals surface area contributed by atoms with Gasteiger partial charge in [-0.05, 0) is 136 Å². The number of amides is 2. The third-order valence-corrected chi connectivity index (χ3v) is 21.4. The van der Waals surface area contributed by atoms with Gasteiger partial charge in [0.05, 0.1) is 49.8 Å². The molecule has 0 radical (unpaired) electrons. The van der Waals surface area contributed by atoms with Crippen molar-refractivity contribution in [3.8, 4) is 0 Å². The fraction of sp³-hybridized carbons (Fsp3) is 0.931. The Kier molecular flexibility index (Phi) is 20.9. The number of aliphatic hydroxyl groups is 7.